The Balaban J connectivity index is 2.24. The lowest BCUT2D eigenvalue weighted by molar-refractivity contribution is 0.130. The topological polar surface area (TPSA) is 66.4 Å². The molecule has 1 aliphatic carbocycles. The summed E-state index contributed by atoms with van der Waals surface area (Å²) >= 11 is 3.30. The lowest BCUT2D eigenvalue weighted by Crippen LogP contribution is -2.42. The molecule has 1 fully saturated rings. The fourth-order valence-corrected chi connectivity index (χ4v) is 4.64. The molecule has 112 valence electrons. The van der Waals surface area contributed by atoms with Gasteiger partial charge in [0.15, 0.2) is 0 Å². The van der Waals surface area contributed by atoms with Crippen LogP contribution in [0.1, 0.15) is 37.7 Å². The third-order valence-electron chi connectivity index (χ3n) is 3.73. The molecule has 0 radical (unpaired) electrons. The summed E-state index contributed by atoms with van der Waals surface area (Å²) in [6.45, 7) is 1.77. The van der Waals surface area contributed by atoms with Gasteiger partial charge in [-0.05, 0) is 37.5 Å². The van der Waals surface area contributed by atoms with Gasteiger partial charge in [0, 0.05) is 10.5 Å². The maximum absolute atomic E-state index is 12.5. The quantitative estimate of drug-likeness (QED) is 0.813. The van der Waals surface area contributed by atoms with Crippen molar-refractivity contribution in [2.45, 2.75) is 56.1 Å². The van der Waals surface area contributed by atoms with E-state index in [4.69, 9.17) is 0 Å². The molecule has 0 saturated heterocycles. The fraction of sp³-hybridized carbons (Fsp3) is 0.571. The molecule has 1 aromatic carbocycles. The van der Waals surface area contributed by atoms with Crippen LogP contribution in [-0.4, -0.2) is 25.7 Å². The van der Waals surface area contributed by atoms with Crippen LogP contribution in [-0.2, 0) is 10.0 Å². The highest BCUT2D eigenvalue weighted by molar-refractivity contribution is 9.10. The summed E-state index contributed by atoms with van der Waals surface area (Å²) in [5.41, 5.74) is 0.698. The van der Waals surface area contributed by atoms with E-state index in [1.807, 2.05) is 6.07 Å². The molecule has 0 amide bonds. The number of hydrogen-bond acceptors (Lipinski definition) is 3. The Morgan fingerprint density at radius 1 is 1.25 bits per heavy atom. The van der Waals surface area contributed by atoms with Gasteiger partial charge in [-0.1, -0.05) is 41.3 Å². The molecule has 0 aliphatic heterocycles. The van der Waals surface area contributed by atoms with Crippen molar-refractivity contribution in [2.75, 3.05) is 0 Å². The van der Waals surface area contributed by atoms with Crippen molar-refractivity contribution in [2.24, 2.45) is 0 Å². The first-order chi connectivity index (χ1) is 9.40. The Labute approximate surface area is 128 Å². The minimum absolute atomic E-state index is 0.267. The van der Waals surface area contributed by atoms with Crippen LogP contribution in [0.2, 0.25) is 0 Å². The van der Waals surface area contributed by atoms with Gasteiger partial charge in [0.05, 0.1) is 11.0 Å². The summed E-state index contributed by atoms with van der Waals surface area (Å²) in [4.78, 5) is 0.267. The van der Waals surface area contributed by atoms with Crippen molar-refractivity contribution < 1.29 is 13.5 Å². The Bertz CT molecular complexity index is 574. The molecule has 20 heavy (non-hydrogen) atoms. The SMILES string of the molecule is Cc1ccc(Br)cc1S(=O)(=O)NC1CCCCCC1O. The maximum Gasteiger partial charge on any atom is 0.241 e. The predicted octanol–water partition coefficient (Wildman–Crippen LogP) is 2.73. The fourth-order valence-electron chi connectivity index (χ4n) is 2.55. The van der Waals surface area contributed by atoms with E-state index >= 15 is 0 Å². The molecule has 0 spiro atoms. The molecule has 1 saturated carbocycles. The predicted molar refractivity (Wildman–Crippen MR) is 82.1 cm³/mol. The first-order valence-corrected chi connectivity index (χ1v) is 9.14. The maximum atomic E-state index is 12.5. The van der Waals surface area contributed by atoms with Crippen molar-refractivity contribution >= 4 is 26.0 Å². The number of rotatable bonds is 3. The highest BCUT2D eigenvalue weighted by Gasteiger charge is 2.27. The van der Waals surface area contributed by atoms with Gasteiger partial charge in [0.25, 0.3) is 0 Å². The smallest absolute Gasteiger partial charge is 0.241 e. The number of benzene rings is 1. The molecule has 2 atom stereocenters. The number of nitrogens with one attached hydrogen (secondary N) is 1. The van der Waals surface area contributed by atoms with E-state index in [-0.39, 0.29) is 10.9 Å². The van der Waals surface area contributed by atoms with Crippen LogP contribution in [0.5, 0.6) is 0 Å². The Morgan fingerprint density at radius 2 is 1.95 bits per heavy atom. The van der Waals surface area contributed by atoms with Crippen molar-refractivity contribution in [1.29, 1.82) is 0 Å². The zero-order chi connectivity index (χ0) is 14.8. The average molecular weight is 362 g/mol. The van der Waals surface area contributed by atoms with Crippen LogP contribution in [0.15, 0.2) is 27.6 Å². The van der Waals surface area contributed by atoms with E-state index < -0.39 is 16.1 Å². The molecule has 4 nitrogen and oxygen atoms in total. The van der Waals surface area contributed by atoms with Crippen LogP contribution in [0.25, 0.3) is 0 Å². The molecule has 0 aromatic heterocycles. The molecule has 1 aliphatic rings. The van der Waals surface area contributed by atoms with Gasteiger partial charge >= 0.3 is 0 Å². The third kappa shape index (κ3) is 3.81. The van der Waals surface area contributed by atoms with Gasteiger partial charge in [-0.25, -0.2) is 13.1 Å². The van der Waals surface area contributed by atoms with E-state index in [0.29, 0.717) is 18.4 Å². The molecule has 2 N–H and O–H groups in total. The molecule has 0 heterocycles. The Hall–Kier alpha value is -0.430. The van der Waals surface area contributed by atoms with Crippen molar-refractivity contribution in [3.8, 4) is 0 Å². The summed E-state index contributed by atoms with van der Waals surface area (Å²) in [5.74, 6) is 0. The van der Waals surface area contributed by atoms with Gasteiger partial charge in [0.2, 0.25) is 10.0 Å². The van der Waals surface area contributed by atoms with Gasteiger partial charge in [-0.3, -0.25) is 0 Å². The Kier molecular flexibility index (Phi) is 5.23. The number of sulfonamides is 1. The molecular formula is C14H20BrNO3S. The largest absolute Gasteiger partial charge is 0.391 e. The minimum atomic E-state index is -3.60. The zero-order valence-electron chi connectivity index (χ0n) is 11.5. The number of halogens is 1. The van der Waals surface area contributed by atoms with E-state index in [1.54, 1.807) is 19.1 Å². The molecule has 2 unspecified atom stereocenters. The summed E-state index contributed by atoms with van der Waals surface area (Å²) < 4.78 is 28.4. The van der Waals surface area contributed by atoms with Crippen LogP contribution < -0.4 is 4.72 Å². The number of aliphatic hydroxyl groups is 1. The lowest BCUT2D eigenvalue weighted by atomic mass is 10.1. The monoisotopic (exact) mass is 361 g/mol. The summed E-state index contributed by atoms with van der Waals surface area (Å²) in [6, 6.07) is 4.79. The second-order valence-electron chi connectivity index (χ2n) is 5.34. The van der Waals surface area contributed by atoms with Crippen molar-refractivity contribution in [1.82, 2.24) is 4.72 Å². The lowest BCUT2D eigenvalue weighted by Gasteiger charge is -2.22. The van der Waals surface area contributed by atoms with Crippen molar-refractivity contribution in [3.05, 3.63) is 28.2 Å². The normalized spacial score (nSPS) is 24.4. The van der Waals surface area contributed by atoms with Gasteiger partial charge in [-0.15, -0.1) is 0 Å². The number of hydrogen-bond donors (Lipinski definition) is 2. The van der Waals surface area contributed by atoms with Gasteiger partial charge in [0.1, 0.15) is 0 Å². The first kappa shape index (κ1) is 15.9. The molecule has 0 bridgehead atoms. The number of aryl methyl sites for hydroxylation is 1. The van der Waals surface area contributed by atoms with Crippen molar-refractivity contribution in [3.63, 3.8) is 0 Å². The molecule has 2 rings (SSSR count). The summed E-state index contributed by atoms with van der Waals surface area (Å²) in [5, 5.41) is 10.0. The van der Waals surface area contributed by atoms with Crippen LogP contribution in [0.3, 0.4) is 0 Å². The van der Waals surface area contributed by atoms with Crippen LogP contribution in [0.4, 0.5) is 0 Å². The second-order valence-corrected chi connectivity index (χ2v) is 7.94. The highest BCUT2D eigenvalue weighted by atomic mass is 79.9. The summed E-state index contributed by atoms with van der Waals surface area (Å²) in [7, 11) is -3.60. The minimum Gasteiger partial charge on any atom is -0.391 e. The molecular weight excluding hydrogens is 342 g/mol. The van der Waals surface area contributed by atoms with E-state index in [9.17, 15) is 13.5 Å². The second kappa shape index (κ2) is 6.56. The third-order valence-corrected chi connectivity index (χ3v) is 5.85. The van der Waals surface area contributed by atoms with E-state index in [2.05, 4.69) is 20.7 Å². The molecule has 1 aromatic rings. The van der Waals surface area contributed by atoms with Gasteiger partial charge in [-0.2, -0.15) is 0 Å². The molecule has 6 heteroatoms. The number of aliphatic hydroxyl groups excluding tert-OH is 1. The standard InChI is InChI=1S/C14H20BrNO3S/c1-10-7-8-11(15)9-14(10)20(18,19)16-12-5-3-2-4-6-13(12)17/h7-9,12-13,16-17H,2-6H2,1H3. The average Bonchev–Trinajstić information content (AvgIpc) is 2.57. The van der Waals surface area contributed by atoms with Crippen LogP contribution >= 0.6 is 15.9 Å². The van der Waals surface area contributed by atoms with E-state index in [1.165, 1.54) is 0 Å². The van der Waals surface area contributed by atoms with Crippen LogP contribution in [0, 0.1) is 6.92 Å². The summed E-state index contributed by atoms with van der Waals surface area (Å²) in [6.07, 6.45) is 3.69. The zero-order valence-corrected chi connectivity index (χ0v) is 13.9. The Morgan fingerprint density at radius 3 is 2.70 bits per heavy atom. The van der Waals surface area contributed by atoms with Gasteiger partial charge < -0.3 is 5.11 Å². The van der Waals surface area contributed by atoms with E-state index in [0.717, 1.165) is 23.7 Å². The highest BCUT2D eigenvalue weighted by Crippen LogP contribution is 2.23. The first-order valence-electron chi connectivity index (χ1n) is 6.87.